The van der Waals surface area contributed by atoms with Crippen LogP contribution < -0.4 is 5.32 Å². The minimum Gasteiger partial charge on any atom is -0.338 e. The average Bonchev–Trinajstić information content (AvgIpc) is 2.83. The van der Waals surface area contributed by atoms with Crippen LogP contribution in [0.4, 0.5) is 0 Å². The molecule has 3 nitrogen and oxygen atoms in total. The minimum atomic E-state index is 0.643. The van der Waals surface area contributed by atoms with Gasteiger partial charge in [0.2, 0.25) is 0 Å². The number of aromatic nitrogens is 2. The Morgan fingerprint density at radius 2 is 2.21 bits per heavy atom. The zero-order chi connectivity index (χ0) is 13.7. The maximum absolute atomic E-state index is 4.63. The predicted molar refractivity (Wildman–Crippen MR) is 80.2 cm³/mol. The van der Waals surface area contributed by atoms with Gasteiger partial charge in [0, 0.05) is 25.4 Å². The van der Waals surface area contributed by atoms with Crippen molar-refractivity contribution in [1.29, 1.82) is 0 Å². The molecule has 19 heavy (non-hydrogen) atoms. The number of imidazole rings is 1. The summed E-state index contributed by atoms with van der Waals surface area (Å²) >= 11 is 0. The van der Waals surface area contributed by atoms with Crippen molar-refractivity contribution in [3.05, 3.63) is 18.2 Å². The van der Waals surface area contributed by atoms with Crippen LogP contribution in [0, 0.1) is 11.8 Å². The van der Waals surface area contributed by atoms with Gasteiger partial charge >= 0.3 is 0 Å². The third-order valence-electron chi connectivity index (χ3n) is 4.65. The van der Waals surface area contributed by atoms with Crippen LogP contribution in [0.25, 0.3) is 0 Å². The van der Waals surface area contributed by atoms with Crippen LogP contribution in [0.5, 0.6) is 0 Å². The Morgan fingerprint density at radius 3 is 2.84 bits per heavy atom. The number of rotatable bonds is 6. The maximum atomic E-state index is 4.63. The highest BCUT2D eigenvalue weighted by Gasteiger charge is 2.32. The SMILES string of the molecule is CCCC1CCC(CNCC)C(c2nccn2C)C1. The first kappa shape index (κ1) is 14.6. The van der Waals surface area contributed by atoms with E-state index < -0.39 is 0 Å². The summed E-state index contributed by atoms with van der Waals surface area (Å²) in [6.07, 6.45) is 10.8. The largest absolute Gasteiger partial charge is 0.338 e. The first-order valence-electron chi connectivity index (χ1n) is 7.94. The molecule has 0 aliphatic heterocycles. The zero-order valence-corrected chi connectivity index (χ0v) is 12.7. The lowest BCUT2D eigenvalue weighted by molar-refractivity contribution is 0.212. The van der Waals surface area contributed by atoms with Crippen LogP contribution in [-0.2, 0) is 7.05 Å². The monoisotopic (exact) mass is 263 g/mol. The molecule has 1 aromatic heterocycles. The van der Waals surface area contributed by atoms with Gasteiger partial charge in [0.05, 0.1) is 0 Å². The van der Waals surface area contributed by atoms with Crippen LogP contribution in [0.15, 0.2) is 12.4 Å². The molecule has 0 bridgehead atoms. The molecule has 0 amide bonds. The van der Waals surface area contributed by atoms with Crippen molar-refractivity contribution in [2.75, 3.05) is 13.1 Å². The summed E-state index contributed by atoms with van der Waals surface area (Å²) in [5, 5.41) is 3.54. The Morgan fingerprint density at radius 1 is 1.37 bits per heavy atom. The number of aryl methyl sites for hydroxylation is 1. The molecular weight excluding hydrogens is 234 g/mol. The van der Waals surface area contributed by atoms with E-state index >= 15 is 0 Å². The van der Waals surface area contributed by atoms with Crippen molar-refractivity contribution in [3.63, 3.8) is 0 Å². The highest BCUT2D eigenvalue weighted by Crippen LogP contribution is 2.41. The van der Waals surface area contributed by atoms with E-state index in [1.165, 1.54) is 37.9 Å². The number of hydrogen-bond donors (Lipinski definition) is 1. The van der Waals surface area contributed by atoms with E-state index in [0.717, 1.165) is 24.9 Å². The summed E-state index contributed by atoms with van der Waals surface area (Å²) in [7, 11) is 2.13. The highest BCUT2D eigenvalue weighted by molar-refractivity contribution is 5.05. The third kappa shape index (κ3) is 3.59. The van der Waals surface area contributed by atoms with Gasteiger partial charge < -0.3 is 9.88 Å². The van der Waals surface area contributed by atoms with E-state index in [9.17, 15) is 0 Å². The predicted octanol–water partition coefficient (Wildman–Crippen LogP) is 3.33. The van der Waals surface area contributed by atoms with Gasteiger partial charge in [-0.2, -0.15) is 0 Å². The molecule has 0 radical (unpaired) electrons. The van der Waals surface area contributed by atoms with Gasteiger partial charge in [0.25, 0.3) is 0 Å². The fourth-order valence-electron chi connectivity index (χ4n) is 3.62. The van der Waals surface area contributed by atoms with Crippen molar-refractivity contribution in [2.24, 2.45) is 18.9 Å². The molecule has 1 aliphatic rings. The number of nitrogens with one attached hydrogen (secondary N) is 1. The van der Waals surface area contributed by atoms with Crippen molar-refractivity contribution in [1.82, 2.24) is 14.9 Å². The Balaban J connectivity index is 2.09. The minimum absolute atomic E-state index is 0.643. The number of hydrogen-bond acceptors (Lipinski definition) is 2. The van der Waals surface area contributed by atoms with E-state index in [0.29, 0.717) is 5.92 Å². The summed E-state index contributed by atoms with van der Waals surface area (Å²) in [5.41, 5.74) is 0. The summed E-state index contributed by atoms with van der Waals surface area (Å²) in [6.45, 7) is 6.72. The van der Waals surface area contributed by atoms with Crippen molar-refractivity contribution in [2.45, 2.75) is 51.9 Å². The second-order valence-corrected chi connectivity index (χ2v) is 6.04. The molecule has 1 N–H and O–H groups in total. The lowest BCUT2D eigenvalue weighted by Crippen LogP contribution is -2.33. The van der Waals surface area contributed by atoms with Gasteiger partial charge in [0.1, 0.15) is 5.82 Å². The molecule has 1 fully saturated rings. The van der Waals surface area contributed by atoms with E-state index in [1.807, 2.05) is 6.20 Å². The smallest absolute Gasteiger partial charge is 0.111 e. The van der Waals surface area contributed by atoms with Gasteiger partial charge in [-0.3, -0.25) is 0 Å². The van der Waals surface area contributed by atoms with Crippen LogP contribution >= 0.6 is 0 Å². The van der Waals surface area contributed by atoms with E-state index in [2.05, 4.69) is 42.0 Å². The first-order valence-corrected chi connectivity index (χ1v) is 7.94. The van der Waals surface area contributed by atoms with Crippen LogP contribution in [0.1, 0.15) is 57.7 Å². The van der Waals surface area contributed by atoms with Gasteiger partial charge in [-0.15, -0.1) is 0 Å². The van der Waals surface area contributed by atoms with Crippen LogP contribution in [-0.4, -0.2) is 22.6 Å². The van der Waals surface area contributed by atoms with Gasteiger partial charge in [0.15, 0.2) is 0 Å². The molecule has 0 spiro atoms. The van der Waals surface area contributed by atoms with E-state index in [1.54, 1.807) is 0 Å². The second kappa shape index (κ2) is 7.09. The lowest BCUT2D eigenvalue weighted by Gasteiger charge is -2.36. The average molecular weight is 263 g/mol. The third-order valence-corrected chi connectivity index (χ3v) is 4.65. The van der Waals surface area contributed by atoms with Crippen LogP contribution in [0.2, 0.25) is 0 Å². The molecule has 1 saturated carbocycles. The Kier molecular flexibility index (Phi) is 5.44. The van der Waals surface area contributed by atoms with Gasteiger partial charge in [-0.25, -0.2) is 4.98 Å². The first-order chi connectivity index (χ1) is 9.26. The molecule has 1 aliphatic carbocycles. The molecule has 1 heterocycles. The molecule has 3 atom stereocenters. The Hall–Kier alpha value is -0.830. The quantitative estimate of drug-likeness (QED) is 0.853. The Labute approximate surface area is 117 Å². The van der Waals surface area contributed by atoms with Gasteiger partial charge in [-0.05, 0) is 37.8 Å². The van der Waals surface area contributed by atoms with Gasteiger partial charge in [-0.1, -0.05) is 33.1 Å². The fourth-order valence-corrected chi connectivity index (χ4v) is 3.62. The molecule has 3 heteroatoms. The molecule has 1 aromatic rings. The highest BCUT2D eigenvalue weighted by atomic mass is 15.0. The topological polar surface area (TPSA) is 29.9 Å². The summed E-state index contributed by atoms with van der Waals surface area (Å²) in [6, 6.07) is 0. The van der Waals surface area contributed by atoms with Crippen LogP contribution in [0.3, 0.4) is 0 Å². The Bertz CT molecular complexity index is 372. The molecule has 0 saturated heterocycles. The standard InChI is InChI=1S/C16H29N3/c1-4-6-13-7-8-14(12-17-5-2)15(11-13)16-18-9-10-19(16)3/h9-10,13-15,17H,4-8,11-12H2,1-3H3. The zero-order valence-electron chi connectivity index (χ0n) is 12.7. The van der Waals surface area contributed by atoms with Crippen molar-refractivity contribution < 1.29 is 0 Å². The second-order valence-electron chi connectivity index (χ2n) is 6.04. The van der Waals surface area contributed by atoms with E-state index in [-0.39, 0.29) is 0 Å². The number of nitrogens with zero attached hydrogens (tertiary/aromatic N) is 2. The molecule has 2 rings (SSSR count). The summed E-state index contributed by atoms with van der Waals surface area (Å²) in [5.74, 6) is 3.60. The maximum Gasteiger partial charge on any atom is 0.111 e. The molecule has 3 unspecified atom stereocenters. The van der Waals surface area contributed by atoms with Crippen molar-refractivity contribution >= 4 is 0 Å². The molecular formula is C16H29N3. The molecule has 0 aromatic carbocycles. The molecule has 108 valence electrons. The fraction of sp³-hybridized carbons (Fsp3) is 0.812. The normalized spacial score (nSPS) is 27.6. The summed E-state index contributed by atoms with van der Waals surface area (Å²) < 4.78 is 2.22. The van der Waals surface area contributed by atoms with E-state index in [4.69, 9.17) is 0 Å². The summed E-state index contributed by atoms with van der Waals surface area (Å²) in [4.78, 5) is 4.63. The van der Waals surface area contributed by atoms with Crippen molar-refractivity contribution in [3.8, 4) is 0 Å². The lowest BCUT2D eigenvalue weighted by atomic mass is 9.72.